The molecule has 3 nitrogen and oxygen atoms in total. The molecule has 0 amide bonds. The summed E-state index contributed by atoms with van der Waals surface area (Å²) in [4.78, 5) is 0. The van der Waals surface area contributed by atoms with Crippen LogP contribution in [0.1, 0.15) is 50.7 Å². The maximum absolute atomic E-state index is 5.62. The van der Waals surface area contributed by atoms with E-state index in [9.17, 15) is 0 Å². The van der Waals surface area contributed by atoms with E-state index in [0.717, 1.165) is 24.5 Å². The summed E-state index contributed by atoms with van der Waals surface area (Å²) >= 11 is 0. The van der Waals surface area contributed by atoms with Crippen LogP contribution >= 0.6 is 0 Å². The molecule has 0 bridgehead atoms. The second-order valence-corrected chi connectivity index (χ2v) is 5.78. The summed E-state index contributed by atoms with van der Waals surface area (Å²) in [6, 6.07) is 4.03. The Kier molecular flexibility index (Phi) is 4.04. The fourth-order valence-electron chi connectivity index (χ4n) is 3.18. The summed E-state index contributed by atoms with van der Waals surface area (Å²) < 4.78 is 11.2. The van der Waals surface area contributed by atoms with Gasteiger partial charge in [0.15, 0.2) is 0 Å². The molecule has 1 aliphatic heterocycles. The number of nitrogens with one attached hydrogen (secondary N) is 1. The van der Waals surface area contributed by atoms with E-state index in [4.69, 9.17) is 9.47 Å². The van der Waals surface area contributed by atoms with Gasteiger partial charge in [0, 0.05) is 16.7 Å². The summed E-state index contributed by atoms with van der Waals surface area (Å²) in [5, 5.41) is 3.64. The van der Waals surface area contributed by atoms with Crippen molar-refractivity contribution in [2.24, 2.45) is 0 Å². The number of hydrogen-bond acceptors (Lipinski definition) is 3. The molecule has 1 atom stereocenters. The third-order valence-corrected chi connectivity index (χ3v) is 4.10. The maximum atomic E-state index is 5.62. The van der Waals surface area contributed by atoms with Crippen LogP contribution in [-0.4, -0.2) is 20.8 Å². The van der Waals surface area contributed by atoms with Gasteiger partial charge < -0.3 is 14.8 Å². The molecule has 0 radical (unpaired) electrons. The van der Waals surface area contributed by atoms with E-state index in [1.54, 1.807) is 14.2 Å². The normalized spacial score (nSPS) is 22.8. The minimum Gasteiger partial charge on any atom is -0.496 e. The quantitative estimate of drug-likeness (QED) is 0.903. The molecular formula is C16H25NO2. The molecule has 3 heteroatoms. The van der Waals surface area contributed by atoms with Crippen LogP contribution in [0.4, 0.5) is 0 Å². The van der Waals surface area contributed by atoms with Crippen molar-refractivity contribution in [1.29, 1.82) is 0 Å². The Labute approximate surface area is 116 Å². The Morgan fingerprint density at radius 1 is 1.16 bits per heavy atom. The van der Waals surface area contributed by atoms with E-state index in [-0.39, 0.29) is 5.54 Å². The van der Waals surface area contributed by atoms with Crippen LogP contribution in [0, 0.1) is 0 Å². The van der Waals surface area contributed by atoms with Crippen molar-refractivity contribution in [3.8, 4) is 11.5 Å². The van der Waals surface area contributed by atoms with Crippen molar-refractivity contribution >= 4 is 0 Å². The lowest BCUT2D eigenvalue weighted by Crippen LogP contribution is -2.35. The van der Waals surface area contributed by atoms with Gasteiger partial charge in [-0.05, 0) is 44.4 Å². The summed E-state index contributed by atoms with van der Waals surface area (Å²) in [6.45, 7) is 7.75. The molecule has 0 saturated carbocycles. The smallest absolute Gasteiger partial charge is 0.124 e. The third-order valence-electron chi connectivity index (χ3n) is 4.10. The van der Waals surface area contributed by atoms with E-state index < -0.39 is 0 Å². The van der Waals surface area contributed by atoms with E-state index in [1.807, 2.05) is 12.1 Å². The molecule has 19 heavy (non-hydrogen) atoms. The van der Waals surface area contributed by atoms with Gasteiger partial charge in [-0.25, -0.2) is 0 Å². The zero-order chi connectivity index (χ0) is 14.0. The summed E-state index contributed by atoms with van der Waals surface area (Å²) in [5.41, 5.74) is 2.51. The minimum absolute atomic E-state index is 0.0144. The van der Waals surface area contributed by atoms with Gasteiger partial charge in [0.1, 0.15) is 11.5 Å². The topological polar surface area (TPSA) is 30.5 Å². The SMILES string of the molecule is COc1ccc(OC)c(C2(C)CCCN2)c1C(C)C. The first-order chi connectivity index (χ1) is 9.03. The fourth-order valence-corrected chi connectivity index (χ4v) is 3.18. The average Bonchev–Trinajstić information content (AvgIpc) is 2.84. The molecule has 1 unspecified atom stereocenters. The van der Waals surface area contributed by atoms with Crippen molar-refractivity contribution in [2.75, 3.05) is 20.8 Å². The monoisotopic (exact) mass is 263 g/mol. The highest BCUT2D eigenvalue weighted by Gasteiger charge is 2.36. The molecular weight excluding hydrogens is 238 g/mol. The zero-order valence-corrected chi connectivity index (χ0v) is 12.7. The minimum atomic E-state index is -0.0144. The van der Waals surface area contributed by atoms with Crippen LogP contribution < -0.4 is 14.8 Å². The fraction of sp³-hybridized carbons (Fsp3) is 0.625. The lowest BCUT2D eigenvalue weighted by molar-refractivity contribution is 0.357. The number of hydrogen-bond donors (Lipinski definition) is 1. The molecule has 1 fully saturated rings. The summed E-state index contributed by atoms with van der Waals surface area (Å²) in [7, 11) is 3.48. The average molecular weight is 263 g/mol. The second kappa shape index (κ2) is 5.41. The Morgan fingerprint density at radius 2 is 1.79 bits per heavy atom. The molecule has 2 rings (SSSR count). The number of ether oxygens (including phenoxy) is 2. The zero-order valence-electron chi connectivity index (χ0n) is 12.7. The molecule has 1 aromatic rings. The van der Waals surface area contributed by atoms with Gasteiger partial charge in [0.2, 0.25) is 0 Å². The van der Waals surface area contributed by atoms with E-state index in [2.05, 4.69) is 26.1 Å². The number of benzene rings is 1. The Balaban J connectivity index is 2.66. The van der Waals surface area contributed by atoms with Gasteiger partial charge in [0.05, 0.1) is 14.2 Å². The highest BCUT2D eigenvalue weighted by Crippen LogP contribution is 2.44. The number of methoxy groups -OCH3 is 2. The first-order valence-corrected chi connectivity index (χ1v) is 7.04. The first-order valence-electron chi connectivity index (χ1n) is 7.04. The van der Waals surface area contributed by atoms with Crippen molar-refractivity contribution < 1.29 is 9.47 Å². The molecule has 1 aliphatic rings. The Bertz CT molecular complexity index is 448. The highest BCUT2D eigenvalue weighted by atomic mass is 16.5. The van der Waals surface area contributed by atoms with Crippen LogP contribution in [-0.2, 0) is 5.54 Å². The van der Waals surface area contributed by atoms with Gasteiger partial charge in [-0.15, -0.1) is 0 Å². The first kappa shape index (κ1) is 14.2. The predicted octanol–water partition coefficient (Wildman–Crippen LogP) is 3.43. The largest absolute Gasteiger partial charge is 0.496 e. The third kappa shape index (κ3) is 2.44. The Morgan fingerprint density at radius 3 is 2.26 bits per heavy atom. The number of rotatable bonds is 4. The highest BCUT2D eigenvalue weighted by molar-refractivity contribution is 5.54. The lowest BCUT2D eigenvalue weighted by Gasteiger charge is -2.31. The van der Waals surface area contributed by atoms with E-state index in [1.165, 1.54) is 17.5 Å². The van der Waals surface area contributed by atoms with Gasteiger partial charge >= 0.3 is 0 Å². The van der Waals surface area contributed by atoms with Crippen LogP contribution in [0.5, 0.6) is 11.5 Å². The van der Waals surface area contributed by atoms with Crippen molar-refractivity contribution in [3.05, 3.63) is 23.3 Å². The summed E-state index contributed by atoms with van der Waals surface area (Å²) in [6.07, 6.45) is 2.34. The van der Waals surface area contributed by atoms with Gasteiger partial charge in [-0.3, -0.25) is 0 Å². The van der Waals surface area contributed by atoms with Gasteiger partial charge in [-0.1, -0.05) is 13.8 Å². The second-order valence-electron chi connectivity index (χ2n) is 5.78. The van der Waals surface area contributed by atoms with Crippen LogP contribution in [0.3, 0.4) is 0 Å². The van der Waals surface area contributed by atoms with E-state index in [0.29, 0.717) is 5.92 Å². The Hall–Kier alpha value is -1.22. The van der Waals surface area contributed by atoms with Crippen molar-refractivity contribution in [2.45, 2.75) is 45.1 Å². The predicted molar refractivity (Wildman–Crippen MR) is 78.2 cm³/mol. The van der Waals surface area contributed by atoms with Gasteiger partial charge in [-0.2, -0.15) is 0 Å². The molecule has 1 aromatic carbocycles. The van der Waals surface area contributed by atoms with E-state index >= 15 is 0 Å². The molecule has 0 spiro atoms. The molecule has 0 aromatic heterocycles. The molecule has 1 N–H and O–H groups in total. The van der Waals surface area contributed by atoms with Gasteiger partial charge in [0.25, 0.3) is 0 Å². The van der Waals surface area contributed by atoms with Crippen LogP contribution in [0.2, 0.25) is 0 Å². The molecule has 106 valence electrons. The maximum Gasteiger partial charge on any atom is 0.124 e. The molecule has 1 heterocycles. The molecule has 1 saturated heterocycles. The van der Waals surface area contributed by atoms with Crippen molar-refractivity contribution in [1.82, 2.24) is 5.32 Å². The molecule has 0 aliphatic carbocycles. The lowest BCUT2D eigenvalue weighted by atomic mass is 9.82. The summed E-state index contributed by atoms with van der Waals surface area (Å²) in [5.74, 6) is 2.32. The van der Waals surface area contributed by atoms with Crippen molar-refractivity contribution in [3.63, 3.8) is 0 Å². The standard InChI is InChI=1S/C16H25NO2/c1-11(2)14-12(18-4)7-8-13(19-5)15(14)16(3)9-6-10-17-16/h7-8,11,17H,6,9-10H2,1-5H3. The van der Waals surface area contributed by atoms with Crippen LogP contribution in [0.25, 0.3) is 0 Å². The van der Waals surface area contributed by atoms with Crippen LogP contribution in [0.15, 0.2) is 12.1 Å².